The van der Waals surface area contributed by atoms with Crippen molar-refractivity contribution in [3.63, 3.8) is 0 Å². The van der Waals surface area contributed by atoms with E-state index in [4.69, 9.17) is 58.1 Å². The number of hydrogen-bond acceptors (Lipinski definition) is 12. The molecule has 0 N–H and O–H groups in total. The molecule has 9 aromatic heterocycles. The highest BCUT2D eigenvalue weighted by Crippen LogP contribution is 2.49. The van der Waals surface area contributed by atoms with Crippen LogP contribution in [0.1, 0.15) is 0 Å². The largest absolute Gasteiger partial charge is 0.456 e. The summed E-state index contributed by atoms with van der Waals surface area (Å²) in [6.45, 7) is 0. The maximum absolute atomic E-state index is 6.56. The van der Waals surface area contributed by atoms with Gasteiger partial charge in [-0.05, 0) is 173 Å². The molecule has 30 aromatic rings. The number of fused-ring (bicyclic) bond motifs is 18. The molecule has 0 saturated carbocycles. The van der Waals surface area contributed by atoms with Crippen LogP contribution in [0.15, 0.2) is 523 Å². The fourth-order valence-corrected chi connectivity index (χ4v) is 21.5. The summed E-state index contributed by atoms with van der Waals surface area (Å²) in [4.78, 5) is 45.9. The Labute approximate surface area is 859 Å². The van der Waals surface area contributed by atoms with Crippen LogP contribution in [0.2, 0.25) is 0 Å². The molecule has 702 valence electrons. The molecule has 0 radical (unpaired) electrons. The molecule has 0 bridgehead atoms. The summed E-state index contributed by atoms with van der Waals surface area (Å²) >= 11 is 0. The number of para-hydroxylation sites is 9. The van der Waals surface area contributed by atoms with E-state index in [0.717, 1.165) is 183 Å². The second-order valence-corrected chi connectivity index (χ2v) is 37.3. The van der Waals surface area contributed by atoms with E-state index in [-0.39, 0.29) is 0 Å². The first-order chi connectivity index (χ1) is 74.4. The first-order valence-electron chi connectivity index (χ1n) is 50.1. The zero-order valence-electron chi connectivity index (χ0n) is 80.6. The Morgan fingerprint density at radius 3 is 0.780 bits per heavy atom. The van der Waals surface area contributed by atoms with Crippen molar-refractivity contribution in [2.75, 3.05) is 0 Å². The van der Waals surface area contributed by atoms with Gasteiger partial charge in [-0.25, -0.2) is 44.9 Å². The van der Waals surface area contributed by atoms with Crippen molar-refractivity contribution in [2.45, 2.75) is 0 Å². The van der Waals surface area contributed by atoms with E-state index in [1.807, 2.05) is 231 Å². The summed E-state index contributed by atoms with van der Waals surface area (Å²) in [5.41, 5.74) is 29.7. The number of furan rings is 3. The van der Waals surface area contributed by atoms with Gasteiger partial charge in [0.2, 0.25) is 0 Å². The molecule has 15 heteroatoms. The van der Waals surface area contributed by atoms with Gasteiger partial charge in [0.05, 0.1) is 33.1 Å². The topological polar surface area (TPSA) is 170 Å². The average Bonchev–Trinajstić information content (AvgIpc) is 1.55. The summed E-state index contributed by atoms with van der Waals surface area (Å²) < 4.78 is 26.6. The minimum atomic E-state index is 0.593. The monoisotopic (exact) mass is 1920 g/mol. The highest BCUT2D eigenvalue weighted by Gasteiger charge is 2.29. The van der Waals surface area contributed by atoms with Crippen molar-refractivity contribution in [1.82, 2.24) is 58.6 Å². The standard InChI is InChI=1S/3C45H28N4O/c1-4-14-29(15-5-1)43-46-44(30-16-6-2-7-17-30)48-45(47-43)42-33(25-27-40-41(42)35-21-11-13-23-39(35)50-40)31-24-26-38-36(28-31)34-20-10-12-22-37(34)49(38)32-18-8-3-9-19-32;1-4-14-29(15-5-1)43-46-44(30-16-6-2-7-17-30)48-45(47-43)37-26-32(28-41-42(37)36-21-11-13-23-40(36)50-41)31-24-25-35-34-20-10-12-22-38(34)49(39(35)27-31)33-18-8-3-9-19-33;1-4-14-29(15-5-1)43-46-44(30-16-6-2-7-17-30)48-45(47-43)37-27-32(28-41-42(37)35-21-11-13-23-40(35)50-41)31-24-25-39-36(26-31)34-20-10-12-22-38(34)49(39)33-18-8-3-9-19-33/h3*1-28H. The van der Waals surface area contributed by atoms with Crippen LogP contribution >= 0.6 is 0 Å². The lowest BCUT2D eigenvalue weighted by atomic mass is 9.93. The van der Waals surface area contributed by atoms with Crippen LogP contribution in [0.25, 0.3) is 284 Å². The molecule has 0 spiro atoms. The number of nitrogens with zero attached hydrogens (tertiary/aromatic N) is 12. The molecule has 0 aliphatic rings. The van der Waals surface area contributed by atoms with Crippen LogP contribution in [0.3, 0.4) is 0 Å². The second-order valence-electron chi connectivity index (χ2n) is 37.3. The molecule has 21 aromatic carbocycles. The lowest BCUT2D eigenvalue weighted by Crippen LogP contribution is -2.01. The van der Waals surface area contributed by atoms with Crippen LogP contribution in [0.5, 0.6) is 0 Å². The van der Waals surface area contributed by atoms with Crippen LogP contribution < -0.4 is 0 Å². The molecule has 0 unspecified atom stereocenters. The van der Waals surface area contributed by atoms with Gasteiger partial charge in [-0.2, -0.15) is 0 Å². The van der Waals surface area contributed by atoms with Gasteiger partial charge in [0.15, 0.2) is 52.4 Å². The van der Waals surface area contributed by atoms with Gasteiger partial charge >= 0.3 is 0 Å². The average molecular weight is 1920 g/mol. The molecular formula is C135H84N12O3. The molecule has 0 aliphatic carbocycles. The zero-order chi connectivity index (χ0) is 99.1. The Bertz CT molecular complexity index is 10300. The van der Waals surface area contributed by atoms with Gasteiger partial charge in [-0.1, -0.05) is 370 Å². The van der Waals surface area contributed by atoms with E-state index in [1.54, 1.807) is 0 Å². The van der Waals surface area contributed by atoms with Crippen molar-refractivity contribution >= 4 is 131 Å². The smallest absolute Gasteiger partial charge is 0.165 e. The maximum atomic E-state index is 6.56. The Kier molecular flexibility index (Phi) is 21.5. The van der Waals surface area contributed by atoms with Gasteiger partial charge in [-0.15, -0.1) is 0 Å². The Balaban J connectivity index is 0.000000108. The molecule has 0 saturated heterocycles. The van der Waals surface area contributed by atoms with E-state index < -0.39 is 0 Å². The molecule has 15 nitrogen and oxygen atoms in total. The van der Waals surface area contributed by atoms with Crippen LogP contribution in [0.4, 0.5) is 0 Å². The second kappa shape index (κ2) is 37.0. The van der Waals surface area contributed by atoms with E-state index in [9.17, 15) is 0 Å². The summed E-state index contributed by atoms with van der Waals surface area (Å²) in [6, 6.07) is 176. The molecular weight excluding hydrogens is 1840 g/mol. The van der Waals surface area contributed by atoms with Crippen molar-refractivity contribution in [1.29, 1.82) is 0 Å². The van der Waals surface area contributed by atoms with E-state index in [0.29, 0.717) is 52.4 Å². The van der Waals surface area contributed by atoms with E-state index in [2.05, 4.69) is 293 Å². The number of rotatable bonds is 15. The molecule has 9 heterocycles. The number of aromatic nitrogens is 12. The molecule has 0 fully saturated rings. The van der Waals surface area contributed by atoms with Crippen LogP contribution in [0, 0.1) is 0 Å². The molecule has 30 rings (SSSR count). The third-order valence-corrected chi connectivity index (χ3v) is 28.3. The quantitative estimate of drug-likeness (QED) is 0.0953. The summed E-state index contributed by atoms with van der Waals surface area (Å²) in [5, 5.41) is 13.2. The van der Waals surface area contributed by atoms with Gasteiger partial charge in [0.25, 0.3) is 0 Å². The van der Waals surface area contributed by atoms with E-state index in [1.165, 1.54) is 48.9 Å². The summed E-state index contributed by atoms with van der Waals surface area (Å²) in [7, 11) is 0. The zero-order valence-corrected chi connectivity index (χ0v) is 80.6. The van der Waals surface area contributed by atoms with Crippen LogP contribution in [-0.2, 0) is 0 Å². The third kappa shape index (κ3) is 15.6. The van der Waals surface area contributed by atoms with Crippen molar-refractivity contribution in [2.24, 2.45) is 0 Å². The van der Waals surface area contributed by atoms with Gasteiger partial charge in [0.1, 0.15) is 33.5 Å². The normalized spacial score (nSPS) is 11.6. The predicted octanol–water partition coefficient (Wildman–Crippen LogP) is 34.6. The highest BCUT2D eigenvalue weighted by molar-refractivity contribution is 6.20. The summed E-state index contributed by atoms with van der Waals surface area (Å²) in [6.07, 6.45) is 0. The fourth-order valence-electron chi connectivity index (χ4n) is 21.5. The van der Waals surface area contributed by atoms with Gasteiger partial charge in [0, 0.05) is 132 Å². The van der Waals surface area contributed by atoms with Crippen LogP contribution in [-0.4, -0.2) is 58.6 Å². The molecule has 0 amide bonds. The van der Waals surface area contributed by atoms with Crippen molar-refractivity contribution < 1.29 is 13.3 Å². The molecule has 0 atom stereocenters. The highest BCUT2D eigenvalue weighted by atomic mass is 16.3. The van der Waals surface area contributed by atoms with Gasteiger partial charge < -0.3 is 27.0 Å². The minimum Gasteiger partial charge on any atom is -0.456 e. The Morgan fingerprint density at radius 1 is 0.133 bits per heavy atom. The molecule has 0 aliphatic heterocycles. The number of hydrogen-bond donors (Lipinski definition) is 0. The predicted molar refractivity (Wildman–Crippen MR) is 610 cm³/mol. The molecule has 150 heavy (non-hydrogen) atoms. The first kappa shape index (κ1) is 87.3. The first-order valence-corrected chi connectivity index (χ1v) is 50.1. The van der Waals surface area contributed by atoms with Crippen molar-refractivity contribution in [3.05, 3.63) is 510 Å². The van der Waals surface area contributed by atoms with Gasteiger partial charge in [-0.3, -0.25) is 0 Å². The lowest BCUT2D eigenvalue weighted by molar-refractivity contribution is 0.668. The maximum Gasteiger partial charge on any atom is 0.165 e. The van der Waals surface area contributed by atoms with Crippen molar-refractivity contribution in [3.8, 4) is 153 Å². The lowest BCUT2D eigenvalue weighted by Gasteiger charge is -2.14. The Morgan fingerprint density at radius 2 is 0.400 bits per heavy atom. The van der Waals surface area contributed by atoms with E-state index >= 15 is 0 Å². The number of benzene rings is 21. The third-order valence-electron chi connectivity index (χ3n) is 28.3. The summed E-state index contributed by atoms with van der Waals surface area (Å²) in [5.74, 6) is 5.50. The fraction of sp³-hybridized carbons (Fsp3) is 0. The SMILES string of the molecule is c1ccc(-c2nc(-c3ccccc3)nc(-c3c(-c4ccc5c(c4)c4ccccc4n5-c4ccccc4)ccc4oc5ccccc5c34)n2)cc1.c1ccc(-c2nc(-c3ccccc3)nc(-c3cc(-c4ccc5c(c4)c4ccccc4n5-c4ccccc4)cc4oc5ccccc5c34)n2)cc1.c1ccc(-c2nc(-c3ccccc3)nc(-c3cc(-c4ccc5c6ccccc6n(-c6ccccc6)c5c4)cc4oc5ccccc5c34)n2)cc1. The minimum absolute atomic E-state index is 0.593. The Hall–Kier alpha value is -20.6.